The summed E-state index contributed by atoms with van der Waals surface area (Å²) >= 11 is 7.42. The van der Waals surface area contributed by atoms with Gasteiger partial charge in [0.2, 0.25) is 5.95 Å². The first kappa shape index (κ1) is 18.8. The first-order valence-corrected chi connectivity index (χ1v) is 10.4. The number of aromatic nitrogens is 3. The number of nitrogens with two attached hydrogens (primary N) is 1. The van der Waals surface area contributed by atoms with E-state index in [0.29, 0.717) is 16.4 Å². The molecule has 2 N–H and O–H groups in total. The summed E-state index contributed by atoms with van der Waals surface area (Å²) in [6.45, 7) is 2.55. The van der Waals surface area contributed by atoms with Crippen molar-refractivity contribution in [3.63, 3.8) is 0 Å². The molecule has 28 heavy (non-hydrogen) atoms. The van der Waals surface area contributed by atoms with Crippen LogP contribution >= 0.6 is 22.9 Å². The second-order valence-electron chi connectivity index (χ2n) is 6.81. The van der Waals surface area contributed by atoms with Crippen LogP contribution in [-0.4, -0.2) is 32.3 Å². The predicted molar refractivity (Wildman–Crippen MR) is 111 cm³/mol. The molecule has 0 spiro atoms. The third-order valence-corrected chi connectivity index (χ3v) is 6.18. The molecule has 2 aromatic heterocycles. The van der Waals surface area contributed by atoms with Gasteiger partial charge >= 0.3 is 0 Å². The van der Waals surface area contributed by atoms with Crippen molar-refractivity contribution in [2.75, 3.05) is 12.3 Å². The smallest absolute Gasteiger partial charge is 0.266 e. The fourth-order valence-electron chi connectivity index (χ4n) is 3.61. The Hall–Kier alpha value is -2.51. The van der Waals surface area contributed by atoms with Gasteiger partial charge in [0.25, 0.3) is 5.91 Å². The topological polar surface area (TPSA) is 85.0 Å². The molecule has 3 aromatic rings. The van der Waals surface area contributed by atoms with E-state index in [2.05, 4.69) is 15.0 Å². The fourth-order valence-corrected chi connectivity index (χ4v) is 4.50. The maximum atomic E-state index is 13.2. The number of thiazole rings is 1. The standard InChI is InChI=1S/C20H20ClN5OS/c1-12-18(28-11-24-12)19(27)26-9-3-2-4-16(26)17-15(10-23-20(22)25-17)13-5-7-14(21)8-6-13/h5-8,10-11,16H,2-4,9H2,1H3,(H2,22,23,25)/t16-/m1/s1. The number of hydrogen-bond donors (Lipinski definition) is 1. The molecule has 144 valence electrons. The van der Waals surface area contributed by atoms with Gasteiger partial charge in [-0.3, -0.25) is 4.79 Å². The molecule has 6 nitrogen and oxygen atoms in total. The minimum absolute atomic E-state index is 0.00365. The normalized spacial score (nSPS) is 16.9. The zero-order chi connectivity index (χ0) is 19.7. The van der Waals surface area contributed by atoms with Crippen LogP contribution in [0.1, 0.15) is 46.4 Å². The lowest BCUT2D eigenvalue weighted by Crippen LogP contribution is -2.39. The summed E-state index contributed by atoms with van der Waals surface area (Å²) in [5.41, 5.74) is 11.0. The van der Waals surface area contributed by atoms with Gasteiger partial charge in [-0.1, -0.05) is 23.7 Å². The lowest BCUT2D eigenvalue weighted by atomic mass is 9.93. The molecule has 1 aliphatic rings. The van der Waals surface area contributed by atoms with Gasteiger partial charge in [-0.25, -0.2) is 15.0 Å². The molecular formula is C20H20ClN5OS. The van der Waals surface area contributed by atoms with Crippen molar-refractivity contribution in [3.05, 3.63) is 57.3 Å². The lowest BCUT2D eigenvalue weighted by Gasteiger charge is -2.36. The summed E-state index contributed by atoms with van der Waals surface area (Å²) in [5.74, 6) is 0.212. The van der Waals surface area contributed by atoms with Crippen molar-refractivity contribution < 1.29 is 4.79 Å². The van der Waals surface area contributed by atoms with Crippen molar-refractivity contribution in [2.24, 2.45) is 0 Å². The largest absolute Gasteiger partial charge is 0.368 e. The Bertz CT molecular complexity index is 1000. The van der Waals surface area contributed by atoms with Crippen LogP contribution < -0.4 is 5.73 Å². The third kappa shape index (κ3) is 3.59. The maximum absolute atomic E-state index is 13.2. The second-order valence-corrected chi connectivity index (χ2v) is 8.10. The van der Waals surface area contributed by atoms with E-state index in [1.165, 1.54) is 11.3 Å². The molecule has 1 atom stereocenters. The molecule has 0 saturated carbocycles. The van der Waals surface area contributed by atoms with E-state index in [1.54, 1.807) is 11.7 Å². The minimum Gasteiger partial charge on any atom is -0.368 e. The molecule has 0 aliphatic carbocycles. The number of amides is 1. The number of carbonyl (C=O) groups is 1. The van der Waals surface area contributed by atoms with Crippen LogP contribution in [0.3, 0.4) is 0 Å². The molecule has 0 unspecified atom stereocenters. The van der Waals surface area contributed by atoms with E-state index in [4.69, 9.17) is 17.3 Å². The second kappa shape index (κ2) is 7.85. The van der Waals surface area contributed by atoms with Gasteiger partial charge < -0.3 is 10.6 Å². The fraction of sp³-hybridized carbons (Fsp3) is 0.300. The van der Waals surface area contributed by atoms with E-state index in [0.717, 1.165) is 41.8 Å². The number of aryl methyl sites for hydroxylation is 1. The van der Waals surface area contributed by atoms with E-state index in [1.807, 2.05) is 36.1 Å². The number of anilines is 1. The number of benzene rings is 1. The first-order valence-electron chi connectivity index (χ1n) is 9.14. The quantitative estimate of drug-likeness (QED) is 0.682. The minimum atomic E-state index is -0.154. The molecule has 0 bridgehead atoms. The summed E-state index contributed by atoms with van der Waals surface area (Å²) in [4.78, 5) is 28.8. The van der Waals surface area contributed by atoms with Gasteiger partial charge in [0.1, 0.15) is 4.88 Å². The number of hydrogen-bond acceptors (Lipinski definition) is 6. The Morgan fingerprint density at radius 1 is 1.25 bits per heavy atom. The van der Waals surface area contributed by atoms with Gasteiger partial charge in [-0.2, -0.15) is 0 Å². The monoisotopic (exact) mass is 413 g/mol. The molecule has 0 radical (unpaired) electrons. The van der Waals surface area contributed by atoms with Crippen molar-refractivity contribution in [1.82, 2.24) is 19.9 Å². The zero-order valence-corrected chi connectivity index (χ0v) is 17.0. The Kier molecular flexibility index (Phi) is 5.28. The number of nitrogens with zero attached hydrogens (tertiary/aromatic N) is 4. The molecule has 8 heteroatoms. The Labute approximate surface area is 172 Å². The van der Waals surface area contributed by atoms with Crippen LogP contribution in [0.5, 0.6) is 0 Å². The van der Waals surface area contributed by atoms with Crippen molar-refractivity contribution in [3.8, 4) is 11.1 Å². The zero-order valence-electron chi connectivity index (χ0n) is 15.4. The summed E-state index contributed by atoms with van der Waals surface area (Å²) in [7, 11) is 0. The van der Waals surface area contributed by atoms with Crippen LogP contribution in [0.25, 0.3) is 11.1 Å². The number of piperidine rings is 1. The summed E-state index contributed by atoms with van der Waals surface area (Å²) in [5, 5.41) is 0.664. The summed E-state index contributed by atoms with van der Waals surface area (Å²) < 4.78 is 0. The highest BCUT2D eigenvalue weighted by Gasteiger charge is 2.33. The number of halogens is 1. The predicted octanol–water partition coefficient (Wildman–Crippen LogP) is 4.51. The average Bonchev–Trinajstić information content (AvgIpc) is 3.14. The van der Waals surface area contributed by atoms with Gasteiger partial charge in [-0.05, 0) is 43.9 Å². The van der Waals surface area contributed by atoms with Crippen molar-refractivity contribution in [2.45, 2.75) is 32.2 Å². The highest BCUT2D eigenvalue weighted by atomic mass is 35.5. The molecular weight excluding hydrogens is 394 g/mol. The van der Waals surface area contributed by atoms with Gasteiger partial charge in [0, 0.05) is 23.3 Å². The Morgan fingerprint density at radius 2 is 2.04 bits per heavy atom. The Balaban J connectivity index is 1.77. The molecule has 1 aromatic carbocycles. The maximum Gasteiger partial charge on any atom is 0.266 e. The SMILES string of the molecule is Cc1ncsc1C(=O)N1CCCC[C@@H]1c1nc(N)ncc1-c1ccc(Cl)cc1. The van der Waals surface area contributed by atoms with E-state index in [9.17, 15) is 4.79 Å². The molecule has 1 saturated heterocycles. The van der Waals surface area contributed by atoms with Gasteiger partial charge in [0.15, 0.2) is 0 Å². The van der Waals surface area contributed by atoms with E-state index >= 15 is 0 Å². The van der Waals surface area contributed by atoms with Crippen LogP contribution in [0.15, 0.2) is 36.0 Å². The van der Waals surface area contributed by atoms with Gasteiger partial charge in [-0.15, -0.1) is 11.3 Å². The van der Waals surface area contributed by atoms with E-state index < -0.39 is 0 Å². The molecule has 1 fully saturated rings. The molecule has 3 heterocycles. The lowest BCUT2D eigenvalue weighted by molar-refractivity contribution is 0.0611. The number of nitrogen functional groups attached to an aromatic ring is 1. The van der Waals surface area contributed by atoms with Crippen LogP contribution in [-0.2, 0) is 0 Å². The number of carbonyl (C=O) groups excluding carboxylic acids is 1. The third-order valence-electron chi connectivity index (χ3n) is 5.01. The van der Waals surface area contributed by atoms with Gasteiger partial charge in [0.05, 0.1) is 22.9 Å². The first-order chi connectivity index (χ1) is 13.5. The molecule has 1 aliphatic heterocycles. The highest BCUT2D eigenvalue weighted by Crippen LogP contribution is 2.37. The average molecular weight is 414 g/mol. The number of rotatable bonds is 3. The Morgan fingerprint density at radius 3 is 2.75 bits per heavy atom. The van der Waals surface area contributed by atoms with E-state index in [-0.39, 0.29) is 17.9 Å². The van der Waals surface area contributed by atoms with Crippen LogP contribution in [0, 0.1) is 6.92 Å². The van der Waals surface area contributed by atoms with Crippen LogP contribution in [0.2, 0.25) is 5.02 Å². The van der Waals surface area contributed by atoms with Crippen molar-refractivity contribution >= 4 is 34.8 Å². The summed E-state index contributed by atoms with van der Waals surface area (Å²) in [6.07, 6.45) is 4.56. The highest BCUT2D eigenvalue weighted by molar-refractivity contribution is 7.11. The molecule has 1 amide bonds. The number of likely N-dealkylation sites (tertiary alicyclic amines) is 1. The van der Waals surface area contributed by atoms with Crippen molar-refractivity contribution in [1.29, 1.82) is 0 Å². The molecule has 4 rings (SSSR count). The summed E-state index contributed by atoms with van der Waals surface area (Å²) in [6, 6.07) is 7.38. The van der Waals surface area contributed by atoms with Crippen LogP contribution in [0.4, 0.5) is 5.95 Å².